The average Bonchev–Trinajstić information content (AvgIpc) is 2.51. The van der Waals surface area contributed by atoms with Crippen molar-refractivity contribution in [2.75, 3.05) is 31.1 Å². The molecular formula is C18H21BrN2. The van der Waals surface area contributed by atoms with E-state index in [1.54, 1.807) is 0 Å². The molecule has 1 fully saturated rings. The van der Waals surface area contributed by atoms with Gasteiger partial charge in [-0.1, -0.05) is 46.3 Å². The topological polar surface area (TPSA) is 6.48 Å². The standard InChI is InChI=1S/C18H21BrN2/c1-15-4-2-3-5-18(15)21-12-10-20(11-13-21)14-16-6-8-17(19)9-7-16/h2-9H,10-14H2,1H3. The highest BCUT2D eigenvalue weighted by atomic mass is 79.9. The zero-order valence-electron chi connectivity index (χ0n) is 12.4. The summed E-state index contributed by atoms with van der Waals surface area (Å²) in [6.07, 6.45) is 0. The van der Waals surface area contributed by atoms with Crippen molar-refractivity contribution in [2.24, 2.45) is 0 Å². The van der Waals surface area contributed by atoms with Crippen LogP contribution in [0.15, 0.2) is 53.0 Å². The van der Waals surface area contributed by atoms with Gasteiger partial charge in [0.05, 0.1) is 0 Å². The van der Waals surface area contributed by atoms with Crippen LogP contribution in [-0.2, 0) is 6.54 Å². The average molecular weight is 345 g/mol. The molecule has 0 aliphatic carbocycles. The number of rotatable bonds is 3. The van der Waals surface area contributed by atoms with Crippen LogP contribution in [0.2, 0.25) is 0 Å². The highest BCUT2D eigenvalue weighted by Crippen LogP contribution is 2.21. The van der Waals surface area contributed by atoms with E-state index >= 15 is 0 Å². The molecular weight excluding hydrogens is 324 g/mol. The summed E-state index contributed by atoms with van der Waals surface area (Å²) in [6.45, 7) is 7.73. The number of para-hydroxylation sites is 1. The molecule has 0 N–H and O–H groups in total. The molecule has 0 saturated carbocycles. The Morgan fingerprint density at radius 1 is 0.905 bits per heavy atom. The second-order valence-electron chi connectivity index (χ2n) is 5.68. The lowest BCUT2D eigenvalue weighted by molar-refractivity contribution is 0.250. The summed E-state index contributed by atoms with van der Waals surface area (Å²) in [6, 6.07) is 17.3. The SMILES string of the molecule is Cc1ccccc1N1CCN(Cc2ccc(Br)cc2)CC1. The molecule has 0 amide bonds. The van der Waals surface area contributed by atoms with Crippen LogP contribution >= 0.6 is 15.9 Å². The van der Waals surface area contributed by atoms with Crippen LogP contribution in [-0.4, -0.2) is 31.1 Å². The van der Waals surface area contributed by atoms with Crippen LogP contribution in [0.1, 0.15) is 11.1 Å². The minimum Gasteiger partial charge on any atom is -0.369 e. The van der Waals surface area contributed by atoms with E-state index in [0.717, 1.165) is 37.2 Å². The van der Waals surface area contributed by atoms with Gasteiger partial charge in [0.1, 0.15) is 0 Å². The third-order valence-corrected chi connectivity index (χ3v) is 4.68. The lowest BCUT2D eigenvalue weighted by Gasteiger charge is -2.36. The second-order valence-corrected chi connectivity index (χ2v) is 6.59. The number of halogens is 1. The van der Waals surface area contributed by atoms with Gasteiger partial charge in [-0.3, -0.25) is 4.90 Å². The summed E-state index contributed by atoms with van der Waals surface area (Å²) in [5.41, 5.74) is 4.15. The van der Waals surface area contributed by atoms with Gasteiger partial charge in [0.25, 0.3) is 0 Å². The quantitative estimate of drug-likeness (QED) is 0.827. The van der Waals surface area contributed by atoms with Gasteiger partial charge in [0.2, 0.25) is 0 Å². The molecule has 3 rings (SSSR count). The molecule has 2 aromatic carbocycles. The Morgan fingerprint density at radius 3 is 2.24 bits per heavy atom. The number of anilines is 1. The van der Waals surface area contributed by atoms with Gasteiger partial charge in [-0.15, -0.1) is 0 Å². The fourth-order valence-corrected chi connectivity index (χ4v) is 3.18. The summed E-state index contributed by atoms with van der Waals surface area (Å²) < 4.78 is 1.15. The minimum atomic E-state index is 1.05. The van der Waals surface area contributed by atoms with Crippen molar-refractivity contribution in [3.8, 4) is 0 Å². The van der Waals surface area contributed by atoms with E-state index in [9.17, 15) is 0 Å². The van der Waals surface area contributed by atoms with Crippen LogP contribution in [0, 0.1) is 6.92 Å². The van der Waals surface area contributed by atoms with E-state index in [-0.39, 0.29) is 0 Å². The Hall–Kier alpha value is -1.32. The van der Waals surface area contributed by atoms with Crippen molar-refractivity contribution < 1.29 is 0 Å². The van der Waals surface area contributed by atoms with Crippen molar-refractivity contribution in [2.45, 2.75) is 13.5 Å². The van der Waals surface area contributed by atoms with Crippen LogP contribution in [0.4, 0.5) is 5.69 Å². The lowest BCUT2D eigenvalue weighted by Crippen LogP contribution is -2.46. The number of aryl methyl sites for hydroxylation is 1. The van der Waals surface area contributed by atoms with Crippen molar-refractivity contribution in [3.05, 3.63) is 64.1 Å². The molecule has 1 aliphatic heterocycles. The Bertz CT molecular complexity index is 586. The molecule has 2 aromatic rings. The van der Waals surface area contributed by atoms with Crippen LogP contribution in [0.25, 0.3) is 0 Å². The van der Waals surface area contributed by atoms with Crippen molar-refractivity contribution >= 4 is 21.6 Å². The van der Waals surface area contributed by atoms with Gasteiger partial charge in [-0.25, -0.2) is 0 Å². The number of piperazine rings is 1. The molecule has 1 heterocycles. The highest BCUT2D eigenvalue weighted by molar-refractivity contribution is 9.10. The second kappa shape index (κ2) is 6.63. The third-order valence-electron chi connectivity index (χ3n) is 4.15. The summed E-state index contributed by atoms with van der Waals surface area (Å²) in [7, 11) is 0. The predicted octanol–water partition coefficient (Wildman–Crippen LogP) is 4.08. The molecule has 1 saturated heterocycles. The zero-order valence-corrected chi connectivity index (χ0v) is 14.0. The molecule has 0 bridgehead atoms. The smallest absolute Gasteiger partial charge is 0.0396 e. The molecule has 21 heavy (non-hydrogen) atoms. The minimum absolute atomic E-state index is 1.05. The number of hydrogen-bond acceptors (Lipinski definition) is 2. The molecule has 1 aliphatic rings. The van der Waals surface area contributed by atoms with Crippen LogP contribution < -0.4 is 4.90 Å². The molecule has 0 spiro atoms. The van der Waals surface area contributed by atoms with Crippen LogP contribution in [0.3, 0.4) is 0 Å². The fraction of sp³-hybridized carbons (Fsp3) is 0.333. The Balaban J connectivity index is 1.58. The lowest BCUT2D eigenvalue weighted by atomic mass is 10.1. The summed E-state index contributed by atoms with van der Waals surface area (Å²) in [5.74, 6) is 0. The van der Waals surface area contributed by atoms with Gasteiger partial charge in [0, 0.05) is 42.9 Å². The van der Waals surface area contributed by atoms with Crippen molar-refractivity contribution in [1.29, 1.82) is 0 Å². The van der Waals surface area contributed by atoms with E-state index in [0.29, 0.717) is 0 Å². The first-order valence-electron chi connectivity index (χ1n) is 7.50. The first kappa shape index (κ1) is 14.6. The van der Waals surface area contributed by atoms with Crippen molar-refractivity contribution in [3.63, 3.8) is 0 Å². The number of nitrogens with zero attached hydrogens (tertiary/aromatic N) is 2. The van der Waals surface area contributed by atoms with Crippen molar-refractivity contribution in [1.82, 2.24) is 4.90 Å². The summed E-state index contributed by atoms with van der Waals surface area (Å²) in [5, 5.41) is 0. The van der Waals surface area contributed by atoms with Gasteiger partial charge in [-0.05, 0) is 36.2 Å². The first-order valence-corrected chi connectivity index (χ1v) is 8.29. The molecule has 0 unspecified atom stereocenters. The normalized spacial score (nSPS) is 16.2. The molecule has 2 nitrogen and oxygen atoms in total. The third kappa shape index (κ3) is 3.66. The van der Waals surface area contributed by atoms with Gasteiger partial charge in [-0.2, -0.15) is 0 Å². The number of benzene rings is 2. The predicted molar refractivity (Wildman–Crippen MR) is 92.8 cm³/mol. The van der Waals surface area contributed by atoms with Crippen LogP contribution in [0.5, 0.6) is 0 Å². The van der Waals surface area contributed by atoms with Gasteiger partial charge < -0.3 is 4.90 Å². The number of hydrogen-bond donors (Lipinski definition) is 0. The largest absolute Gasteiger partial charge is 0.369 e. The molecule has 0 aromatic heterocycles. The molecule has 0 radical (unpaired) electrons. The molecule has 3 heteroatoms. The maximum absolute atomic E-state index is 3.49. The Kier molecular flexibility index (Phi) is 4.61. The molecule has 0 atom stereocenters. The first-order chi connectivity index (χ1) is 10.2. The summed E-state index contributed by atoms with van der Waals surface area (Å²) in [4.78, 5) is 5.05. The maximum atomic E-state index is 3.49. The Morgan fingerprint density at radius 2 is 1.57 bits per heavy atom. The highest BCUT2D eigenvalue weighted by Gasteiger charge is 2.18. The van der Waals surface area contributed by atoms with E-state index < -0.39 is 0 Å². The molecule has 110 valence electrons. The van der Waals surface area contributed by atoms with Gasteiger partial charge in [0.15, 0.2) is 0 Å². The van der Waals surface area contributed by atoms with E-state index in [2.05, 4.69) is 81.2 Å². The van der Waals surface area contributed by atoms with E-state index in [1.165, 1.54) is 16.8 Å². The van der Waals surface area contributed by atoms with E-state index in [4.69, 9.17) is 0 Å². The summed E-state index contributed by atoms with van der Waals surface area (Å²) >= 11 is 3.49. The Labute approximate surface area is 135 Å². The van der Waals surface area contributed by atoms with E-state index in [1.807, 2.05) is 0 Å². The monoisotopic (exact) mass is 344 g/mol. The zero-order chi connectivity index (χ0) is 14.7. The van der Waals surface area contributed by atoms with Gasteiger partial charge >= 0.3 is 0 Å². The maximum Gasteiger partial charge on any atom is 0.0396 e. The fourth-order valence-electron chi connectivity index (χ4n) is 2.91.